The zero-order valence-electron chi connectivity index (χ0n) is 9.39. The lowest BCUT2D eigenvalue weighted by molar-refractivity contribution is -0.141. The number of methoxy groups -OCH3 is 1. The van der Waals surface area contributed by atoms with Crippen molar-refractivity contribution in [3.8, 4) is 0 Å². The standard InChI is InChI=1S/C10H7F5INO2/c1-19-7(18)3-5-8(16)4(10(13,14)15)2-6(17-5)9(11)12/h2,9H,3H2,1H3. The Labute approximate surface area is 118 Å². The Hall–Kier alpha value is -1.00. The number of pyridine rings is 1. The molecule has 1 heterocycles. The van der Waals surface area contributed by atoms with Gasteiger partial charge in [0.2, 0.25) is 0 Å². The average Bonchev–Trinajstić information content (AvgIpc) is 2.29. The molecule has 0 unspecified atom stereocenters. The topological polar surface area (TPSA) is 39.2 Å². The van der Waals surface area contributed by atoms with Crippen molar-refractivity contribution in [2.24, 2.45) is 0 Å². The number of halogens is 6. The van der Waals surface area contributed by atoms with Gasteiger partial charge in [0.1, 0.15) is 5.69 Å². The summed E-state index contributed by atoms with van der Waals surface area (Å²) in [4.78, 5) is 14.4. The molecular weight excluding hydrogens is 388 g/mol. The quantitative estimate of drug-likeness (QED) is 0.448. The van der Waals surface area contributed by atoms with E-state index in [9.17, 15) is 26.7 Å². The number of nitrogens with zero attached hydrogens (tertiary/aromatic N) is 1. The molecule has 0 aliphatic heterocycles. The maximum atomic E-state index is 12.7. The monoisotopic (exact) mass is 395 g/mol. The van der Waals surface area contributed by atoms with E-state index in [1.54, 1.807) is 0 Å². The number of esters is 1. The Kier molecular flexibility index (Phi) is 5.04. The zero-order valence-corrected chi connectivity index (χ0v) is 11.6. The summed E-state index contributed by atoms with van der Waals surface area (Å²) in [7, 11) is 1.04. The summed E-state index contributed by atoms with van der Waals surface area (Å²) in [5.74, 6) is -0.857. The second-order valence-electron chi connectivity index (χ2n) is 3.41. The number of carbonyl (C=O) groups is 1. The van der Waals surface area contributed by atoms with Crippen LogP contribution >= 0.6 is 22.6 Å². The van der Waals surface area contributed by atoms with Gasteiger partial charge in [0, 0.05) is 3.57 Å². The minimum Gasteiger partial charge on any atom is -0.469 e. The lowest BCUT2D eigenvalue weighted by atomic mass is 10.1. The Morgan fingerprint density at radius 2 is 2.05 bits per heavy atom. The van der Waals surface area contributed by atoms with Crippen LogP contribution in [0.5, 0.6) is 0 Å². The fraction of sp³-hybridized carbons (Fsp3) is 0.400. The molecule has 0 amide bonds. The predicted octanol–water partition coefficient (Wildman–Crippen LogP) is 3.36. The third-order valence-electron chi connectivity index (χ3n) is 2.11. The van der Waals surface area contributed by atoms with Gasteiger partial charge >= 0.3 is 12.1 Å². The Balaban J connectivity index is 3.37. The molecule has 0 aromatic carbocycles. The third-order valence-corrected chi connectivity index (χ3v) is 3.32. The molecule has 0 radical (unpaired) electrons. The van der Waals surface area contributed by atoms with E-state index >= 15 is 0 Å². The van der Waals surface area contributed by atoms with Crippen LogP contribution in [0.4, 0.5) is 22.0 Å². The van der Waals surface area contributed by atoms with Gasteiger partial charge in [-0.2, -0.15) is 13.2 Å². The molecule has 106 valence electrons. The summed E-state index contributed by atoms with van der Waals surface area (Å²) in [5, 5.41) is 0. The van der Waals surface area contributed by atoms with E-state index < -0.39 is 36.2 Å². The van der Waals surface area contributed by atoms with Crippen LogP contribution in [0.2, 0.25) is 0 Å². The van der Waals surface area contributed by atoms with Gasteiger partial charge in [0.05, 0.1) is 24.8 Å². The van der Waals surface area contributed by atoms with E-state index in [2.05, 4.69) is 9.72 Å². The average molecular weight is 395 g/mol. The molecule has 9 heteroatoms. The third kappa shape index (κ3) is 3.98. The normalized spacial score (nSPS) is 11.8. The second-order valence-corrected chi connectivity index (χ2v) is 4.49. The zero-order chi connectivity index (χ0) is 14.8. The minimum atomic E-state index is -4.80. The molecule has 0 fully saturated rings. The lowest BCUT2D eigenvalue weighted by Gasteiger charge is -2.14. The first-order valence-electron chi connectivity index (χ1n) is 4.78. The van der Waals surface area contributed by atoms with Gasteiger partial charge in [-0.05, 0) is 28.7 Å². The Bertz CT molecular complexity index is 490. The highest BCUT2D eigenvalue weighted by atomic mass is 127. The minimum absolute atomic E-state index is 0.285. The molecule has 1 aromatic heterocycles. The summed E-state index contributed by atoms with van der Waals surface area (Å²) < 4.78 is 67.0. The smallest absolute Gasteiger partial charge is 0.417 e. The van der Waals surface area contributed by atoms with Crippen molar-refractivity contribution in [1.29, 1.82) is 0 Å². The largest absolute Gasteiger partial charge is 0.469 e. The molecule has 0 saturated carbocycles. The van der Waals surface area contributed by atoms with Gasteiger partial charge in [-0.25, -0.2) is 8.78 Å². The molecule has 1 rings (SSSR count). The molecule has 1 aromatic rings. The van der Waals surface area contributed by atoms with Gasteiger partial charge in [-0.1, -0.05) is 0 Å². The summed E-state index contributed by atoms with van der Waals surface area (Å²) in [5.41, 5.74) is -2.64. The molecule has 0 aliphatic carbocycles. The summed E-state index contributed by atoms with van der Waals surface area (Å²) in [6.07, 6.45) is -8.55. The summed E-state index contributed by atoms with van der Waals surface area (Å²) in [6.45, 7) is 0. The van der Waals surface area contributed by atoms with Crippen LogP contribution in [-0.2, 0) is 22.1 Å². The van der Waals surface area contributed by atoms with Crippen LogP contribution in [0, 0.1) is 3.57 Å². The van der Waals surface area contributed by atoms with Gasteiger partial charge < -0.3 is 4.74 Å². The van der Waals surface area contributed by atoms with Gasteiger partial charge in [-0.15, -0.1) is 0 Å². The van der Waals surface area contributed by atoms with Crippen LogP contribution in [-0.4, -0.2) is 18.1 Å². The number of ether oxygens (including phenoxy) is 1. The van der Waals surface area contributed by atoms with E-state index in [4.69, 9.17) is 0 Å². The first-order valence-corrected chi connectivity index (χ1v) is 5.86. The number of aromatic nitrogens is 1. The lowest BCUT2D eigenvalue weighted by Crippen LogP contribution is -2.15. The Morgan fingerprint density at radius 3 is 2.47 bits per heavy atom. The molecule has 0 N–H and O–H groups in total. The van der Waals surface area contributed by atoms with E-state index in [1.807, 2.05) is 0 Å². The fourth-order valence-electron chi connectivity index (χ4n) is 1.25. The van der Waals surface area contributed by atoms with Gasteiger partial charge in [-0.3, -0.25) is 9.78 Å². The van der Waals surface area contributed by atoms with E-state index in [1.165, 1.54) is 22.6 Å². The molecular formula is C10H7F5INO2. The van der Waals surface area contributed by atoms with Crippen molar-refractivity contribution in [3.05, 3.63) is 26.6 Å². The van der Waals surface area contributed by atoms with Gasteiger partial charge in [0.25, 0.3) is 6.43 Å². The predicted molar refractivity (Wildman–Crippen MR) is 62.6 cm³/mol. The molecule has 0 atom stereocenters. The van der Waals surface area contributed by atoms with Crippen LogP contribution in [0.1, 0.15) is 23.4 Å². The molecule has 0 spiro atoms. The van der Waals surface area contributed by atoms with Crippen LogP contribution in [0.15, 0.2) is 6.07 Å². The van der Waals surface area contributed by atoms with E-state index in [0.717, 1.165) is 7.11 Å². The first kappa shape index (κ1) is 16.1. The fourth-order valence-corrected chi connectivity index (χ4v) is 2.02. The number of carbonyl (C=O) groups excluding carboxylic acids is 1. The Morgan fingerprint density at radius 1 is 1.47 bits per heavy atom. The number of alkyl halides is 5. The van der Waals surface area contributed by atoms with Crippen LogP contribution < -0.4 is 0 Å². The van der Waals surface area contributed by atoms with Crippen molar-refractivity contribution >= 4 is 28.6 Å². The number of hydrogen-bond acceptors (Lipinski definition) is 3. The molecule has 19 heavy (non-hydrogen) atoms. The SMILES string of the molecule is COC(=O)Cc1nc(C(F)F)cc(C(F)(F)F)c1I. The van der Waals surface area contributed by atoms with Crippen molar-refractivity contribution in [2.75, 3.05) is 7.11 Å². The maximum Gasteiger partial charge on any atom is 0.417 e. The van der Waals surface area contributed by atoms with E-state index in [-0.39, 0.29) is 15.3 Å². The van der Waals surface area contributed by atoms with Crippen molar-refractivity contribution in [2.45, 2.75) is 19.0 Å². The van der Waals surface area contributed by atoms with Crippen molar-refractivity contribution in [3.63, 3.8) is 0 Å². The first-order chi connectivity index (χ1) is 8.66. The molecule has 3 nitrogen and oxygen atoms in total. The summed E-state index contributed by atoms with van der Waals surface area (Å²) in [6, 6.07) is 0.285. The molecule has 0 aliphatic rings. The highest BCUT2D eigenvalue weighted by Gasteiger charge is 2.36. The highest BCUT2D eigenvalue weighted by Crippen LogP contribution is 2.36. The van der Waals surface area contributed by atoms with Crippen molar-refractivity contribution < 1.29 is 31.5 Å². The maximum absolute atomic E-state index is 12.7. The molecule has 0 bridgehead atoms. The van der Waals surface area contributed by atoms with Crippen LogP contribution in [0.3, 0.4) is 0 Å². The van der Waals surface area contributed by atoms with E-state index in [0.29, 0.717) is 0 Å². The van der Waals surface area contributed by atoms with Crippen molar-refractivity contribution in [1.82, 2.24) is 4.98 Å². The summed E-state index contributed by atoms with van der Waals surface area (Å²) >= 11 is 1.32. The van der Waals surface area contributed by atoms with Crippen LogP contribution in [0.25, 0.3) is 0 Å². The second kappa shape index (κ2) is 5.97. The number of rotatable bonds is 3. The van der Waals surface area contributed by atoms with Gasteiger partial charge in [0.15, 0.2) is 0 Å². The molecule has 0 saturated heterocycles. The highest BCUT2D eigenvalue weighted by molar-refractivity contribution is 14.1. The number of hydrogen-bond donors (Lipinski definition) is 0.